The average Bonchev–Trinajstić information content (AvgIpc) is 3.81. The molecule has 0 aliphatic rings. The summed E-state index contributed by atoms with van der Waals surface area (Å²) in [6.07, 6.45) is 0. The van der Waals surface area contributed by atoms with Crippen molar-refractivity contribution in [1.29, 1.82) is 0 Å². The van der Waals surface area contributed by atoms with Crippen molar-refractivity contribution in [2.45, 2.75) is 0 Å². The lowest BCUT2D eigenvalue weighted by Gasteiger charge is -2.28. The largest absolute Gasteiger partial charge is 0.456 e. The number of benzene rings is 9. The second-order valence-corrected chi connectivity index (χ2v) is 14.1. The maximum absolute atomic E-state index is 6.70. The minimum Gasteiger partial charge on any atom is -0.456 e. The quantitative estimate of drug-likeness (QED) is 0.173. The number of hydrogen-bond donors (Lipinski definition) is 0. The molecule has 0 fully saturated rings. The van der Waals surface area contributed by atoms with Crippen molar-refractivity contribution in [3.05, 3.63) is 200 Å². The second kappa shape index (κ2) is 12.6. The van der Waals surface area contributed by atoms with E-state index in [-0.39, 0.29) is 0 Å². The van der Waals surface area contributed by atoms with Crippen LogP contribution in [0.3, 0.4) is 0 Å². The third-order valence-corrected chi connectivity index (χ3v) is 10.9. The topological polar surface area (TPSA) is 29.5 Å². The van der Waals surface area contributed by atoms with Crippen LogP contribution in [-0.4, -0.2) is 0 Å². The Hall–Kier alpha value is -7.36. The fourth-order valence-corrected chi connectivity index (χ4v) is 8.16. The Balaban J connectivity index is 1.12. The normalized spacial score (nSPS) is 11.6. The third-order valence-electron chi connectivity index (χ3n) is 10.9. The summed E-state index contributed by atoms with van der Waals surface area (Å²) in [5, 5.41) is 6.82. The molecular weight excluding hydrogens is 671 g/mol. The summed E-state index contributed by atoms with van der Waals surface area (Å²) in [6, 6.07) is 71.0. The van der Waals surface area contributed by atoms with Crippen LogP contribution in [0, 0.1) is 0 Å². The van der Waals surface area contributed by atoms with Gasteiger partial charge in [0.15, 0.2) is 0 Å². The number of nitrogens with zero attached hydrogens (tertiary/aromatic N) is 1. The molecule has 2 aromatic heterocycles. The fraction of sp³-hybridized carbons (Fsp3) is 0. The fourth-order valence-electron chi connectivity index (χ4n) is 8.16. The van der Waals surface area contributed by atoms with Crippen LogP contribution in [-0.2, 0) is 0 Å². The van der Waals surface area contributed by atoms with Crippen LogP contribution in [0.15, 0.2) is 209 Å². The minimum atomic E-state index is 0.846. The van der Waals surface area contributed by atoms with Gasteiger partial charge in [-0.15, -0.1) is 0 Å². The van der Waals surface area contributed by atoms with Gasteiger partial charge in [-0.1, -0.05) is 146 Å². The van der Waals surface area contributed by atoms with Gasteiger partial charge in [-0.25, -0.2) is 0 Å². The molecular formula is C52H33NO2. The van der Waals surface area contributed by atoms with E-state index in [1.165, 1.54) is 16.5 Å². The van der Waals surface area contributed by atoms with Gasteiger partial charge in [-0.05, 0) is 81.6 Å². The van der Waals surface area contributed by atoms with Crippen molar-refractivity contribution in [3.8, 4) is 33.4 Å². The van der Waals surface area contributed by atoms with E-state index in [1.807, 2.05) is 12.1 Å². The van der Waals surface area contributed by atoms with Gasteiger partial charge in [0.2, 0.25) is 0 Å². The molecule has 0 atom stereocenters. The lowest BCUT2D eigenvalue weighted by atomic mass is 9.97. The first-order valence-electron chi connectivity index (χ1n) is 18.7. The highest BCUT2D eigenvalue weighted by atomic mass is 16.3. The number of fused-ring (bicyclic) bond motifs is 7. The smallest absolute Gasteiger partial charge is 0.143 e. The Morgan fingerprint density at radius 3 is 1.60 bits per heavy atom. The van der Waals surface area contributed by atoms with Crippen molar-refractivity contribution < 1.29 is 8.83 Å². The molecule has 2 heterocycles. The lowest BCUT2D eigenvalue weighted by molar-refractivity contribution is 0.669. The maximum Gasteiger partial charge on any atom is 0.143 e. The predicted octanol–water partition coefficient (Wildman–Crippen LogP) is 15.1. The van der Waals surface area contributed by atoms with Crippen molar-refractivity contribution in [1.82, 2.24) is 0 Å². The first-order chi connectivity index (χ1) is 27.2. The van der Waals surface area contributed by atoms with Crippen LogP contribution < -0.4 is 4.90 Å². The molecule has 0 saturated heterocycles. The SMILES string of the molecule is c1ccc(-c2ccc(N(c3ccc(-c4cccc5c4oc4ccccc45)cc3)c3cc4oc5cc6ccccc6cc5c4cc3-c3ccccc3)cc2)cc1. The zero-order valence-electron chi connectivity index (χ0n) is 29.8. The van der Waals surface area contributed by atoms with E-state index in [0.717, 1.165) is 88.6 Å². The number of anilines is 3. The molecule has 55 heavy (non-hydrogen) atoms. The van der Waals surface area contributed by atoms with Gasteiger partial charge in [0, 0.05) is 50.1 Å². The Morgan fingerprint density at radius 1 is 0.309 bits per heavy atom. The first kappa shape index (κ1) is 31.2. The van der Waals surface area contributed by atoms with Gasteiger partial charge < -0.3 is 13.7 Å². The molecule has 0 saturated carbocycles. The van der Waals surface area contributed by atoms with Crippen LogP contribution >= 0.6 is 0 Å². The van der Waals surface area contributed by atoms with E-state index < -0.39 is 0 Å². The molecule has 0 amide bonds. The summed E-state index contributed by atoms with van der Waals surface area (Å²) in [6.45, 7) is 0. The molecule has 3 heteroatoms. The van der Waals surface area contributed by atoms with Gasteiger partial charge in [0.05, 0.1) is 5.69 Å². The molecule has 11 rings (SSSR count). The van der Waals surface area contributed by atoms with Crippen LogP contribution in [0.5, 0.6) is 0 Å². The molecule has 0 unspecified atom stereocenters. The Morgan fingerprint density at radius 2 is 0.855 bits per heavy atom. The van der Waals surface area contributed by atoms with E-state index >= 15 is 0 Å². The summed E-state index contributed by atoms with van der Waals surface area (Å²) >= 11 is 0. The van der Waals surface area contributed by atoms with Crippen molar-refractivity contribution >= 4 is 71.7 Å². The predicted molar refractivity (Wildman–Crippen MR) is 229 cm³/mol. The Labute approximate surface area is 317 Å². The molecule has 9 aromatic carbocycles. The van der Waals surface area contributed by atoms with Crippen LogP contribution in [0.25, 0.3) is 88.0 Å². The molecule has 0 radical (unpaired) electrons. The summed E-state index contributed by atoms with van der Waals surface area (Å²) in [5.41, 5.74) is 13.4. The first-order valence-corrected chi connectivity index (χ1v) is 18.7. The zero-order chi connectivity index (χ0) is 36.3. The number of hydrogen-bond acceptors (Lipinski definition) is 3. The lowest BCUT2D eigenvalue weighted by Crippen LogP contribution is -2.11. The van der Waals surface area contributed by atoms with Gasteiger partial charge in [-0.2, -0.15) is 0 Å². The van der Waals surface area contributed by atoms with Gasteiger partial charge in [0.25, 0.3) is 0 Å². The summed E-state index contributed by atoms with van der Waals surface area (Å²) in [5.74, 6) is 0. The summed E-state index contributed by atoms with van der Waals surface area (Å²) < 4.78 is 13.1. The molecule has 0 N–H and O–H groups in total. The molecule has 258 valence electrons. The Bertz CT molecular complexity index is 3180. The molecule has 0 aliphatic heterocycles. The highest BCUT2D eigenvalue weighted by Crippen LogP contribution is 2.46. The van der Waals surface area contributed by atoms with E-state index in [0.29, 0.717) is 0 Å². The number of furan rings is 2. The van der Waals surface area contributed by atoms with Crippen LogP contribution in [0.2, 0.25) is 0 Å². The highest BCUT2D eigenvalue weighted by Gasteiger charge is 2.22. The average molecular weight is 704 g/mol. The van der Waals surface area contributed by atoms with E-state index in [1.54, 1.807) is 0 Å². The standard InChI is InChI=1S/C52H33NO2/c1-3-12-34(13-4-1)35-22-26-40(27-23-35)53(41-28-24-37(25-29-41)42-19-11-20-44-43-18-9-10-21-49(43)55-52(42)44)48-33-51-47(32-45(48)36-14-5-2-6-15-36)46-30-38-16-7-8-17-39(38)31-50(46)54-51/h1-33H. The van der Waals surface area contributed by atoms with E-state index in [2.05, 4.69) is 193 Å². The second-order valence-electron chi connectivity index (χ2n) is 14.1. The number of rotatable bonds is 6. The molecule has 0 bridgehead atoms. The Kier molecular flexibility index (Phi) is 7.17. The monoisotopic (exact) mass is 703 g/mol. The highest BCUT2D eigenvalue weighted by molar-refractivity contribution is 6.13. The number of para-hydroxylation sites is 2. The van der Waals surface area contributed by atoms with Gasteiger partial charge in [-0.3, -0.25) is 0 Å². The van der Waals surface area contributed by atoms with E-state index in [4.69, 9.17) is 8.83 Å². The van der Waals surface area contributed by atoms with Crippen LogP contribution in [0.4, 0.5) is 17.1 Å². The molecule has 0 aliphatic carbocycles. The van der Waals surface area contributed by atoms with Crippen molar-refractivity contribution in [2.24, 2.45) is 0 Å². The maximum atomic E-state index is 6.70. The zero-order valence-corrected chi connectivity index (χ0v) is 29.8. The summed E-state index contributed by atoms with van der Waals surface area (Å²) in [7, 11) is 0. The van der Waals surface area contributed by atoms with Crippen LogP contribution in [0.1, 0.15) is 0 Å². The molecule has 0 spiro atoms. The molecule has 3 nitrogen and oxygen atoms in total. The van der Waals surface area contributed by atoms with Gasteiger partial charge >= 0.3 is 0 Å². The van der Waals surface area contributed by atoms with Gasteiger partial charge in [0.1, 0.15) is 22.3 Å². The third kappa shape index (κ3) is 5.28. The summed E-state index contributed by atoms with van der Waals surface area (Å²) in [4.78, 5) is 2.35. The van der Waals surface area contributed by atoms with Crippen molar-refractivity contribution in [2.75, 3.05) is 4.90 Å². The van der Waals surface area contributed by atoms with E-state index in [9.17, 15) is 0 Å². The molecule has 11 aromatic rings. The van der Waals surface area contributed by atoms with Crippen molar-refractivity contribution in [3.63, 3.8) is 0 Å². The minimum absolute atomic E-state index is 0.846.